The third-order valence-corrected chi connectivity index (χ3v) is 6.41. The number of urea groups is 1. The van der Waals surface area contributed by atoms with Crippen LogP contribution in [-0.4, -0.2) is 58.5 Å². The van der Waals surface area contributed by atoms with E-state index in [0.29, 0.717) is 45.6 Å². The zero-order valence-electron chi connectivity index (χ0n) is 18.0. The molecule has 0 atom stereocenters. The number of carbonyl (C=O) groups excluding carboxylic acids is 1. The molecule has 0 spiro atoms. The summed E-state index contributed by atoms with van der Waals surface area (Å²) in [5.41, 5.74) is 4.94. The van der Waals surface area contributed by atoms with Crippen LogP contribution in [0.1, 0.15) is 24.2 Å². The molecule has 0 unspecified atom stereocenters. The normalized spacial score (nSPS) is 17.4. The Morgan fingerprint density at radius 2 is 1.84 bits per heavy atom. The van der Waals surface area contributed by atoms with Crippen LogP contribution >= 0.6 is 0 Å². The summed E-state index contributed by atoms with van der Waals surface area (Å²) in [6, 6.07) is 12.0. The molecule has 1 fully saturated rings. The predicted octanol–water partition coefficient (Wildman–Crippen LogP) is 4.83. The van der Waals surface area contributed by atoms with Crippen molar-refractivity contribution < 1.29 is 18.3 Å². The van der Waals surface area contributed by atoms with E-state index in [2.05, 4.69) is 22.1 Å². The standard InChI is InChI=1S/C24H26F2N4O2/c1-15-27-20-4-2-18(13-21(20)28-15)17-3-5-22-19(12-17)14-30(10-11-32-22)24(31)29-8-6-16(7-9-29)23(25)26/h2-5,12-13,16,23H,6-11,14H2,1H3,(H,27,28). The fourth-order valence-corrected chi connectivity index (χ4v) is 4.60. The first kappa shape index (κ1) is 20.7. The molecule has 0 bridgehead atoms. The molecule has 1 N–H and O–H groups in total. The number of hydrogen-bond donors (Lipinski definition) is 1. The lowest BCUT2D eigenvalue weighted by Gasteiger charge is -2.35. The maximum absolute atomic E-state index is 13.1. The number of aromatic amines is 1. The molecule has 2 aromatic carbocycles. The van der Waals surface area contributed by atoms with Crippen molar-refractivity contribution in [2.75, 3.05) is 26.2 Å². The van der Waals surface area contributed by atoms with Crippen LogP contribution in [0.5, 0.6) is 5.75 Å². The van der Waals surface area contributed by atoms with Gasteiger partial charge in [0.05, 0.1) is 24.1 Å². The van der Waals surface area contributed by atoms with Crippen molar-refractivity contribution in [1.29, 1.82) is 0 Å². The number of ether oxygens (including phenoxy) is 1. The highest BCUT2D eigenvalue weighted by Crippen LogP contribution is 2.31. The number of nitrogens with zero attached hydrogens (tertiary/aromatic N) is 3. The summed E-state index contributed by atoms with van der Waals surface area (Å²) in [4.78, 5) is 24.3. The molecule has 5 rings (SSSR count). The van der Waals surface area contributed by atoms with E-state index in [4.69, 9.17) is 4.74 Å². The van der Waals surface area contributed by atoms with E-state index >= 15 is 0 Å². The van der Waals surface area contributed by atoms with Gasteiger partial charge in [0.25, 0.3) is 0 Å². The molecule has 32 heavy (non-hydrogen) atoms. The molecular formula is C24H26F2N4O2. The average Bonchev–Trinajstić information content (AvgIpc) is 3.04. The minimum absolute atomic E-state index is 0.103. The topological polar surface area (TPSA) is 61.5 Å². The number of aromatic nitrogens is 2. The van der Waals surface area contributed by atoms with Crippen molar-refractivity contribution in [2.45, 2.75) is 32.7 Å². The third kappa shape index (κ3) is 4.01. The number of carbonyl (C=O) groups is 1. The molecule has 1 aromatic heterocycles. The number of H-pyrrole nitrogens is 1. The SMILES string of the molecule is Cc1nc2ccc(-c3ccc4c(c3)CN(C(=O)N3CCC(C(F)F)CC3)CCO4)cc2[nH]1. The number of piperidine rings is 1. The number of aryl methyl sites for hydroxylation is 1. The van der Waals surface area contributed by atoms with Gasteiger partial charge in [-0.15, -0.1) is 0 Å². The van der Waals surface area contributed by atoms with E-state index < -0.39 is 12.3 Å². The summed E-state index contributed by atoms with van der Waals surface area (Å²) in [7, 11) is 0. The highest BCUT2D eigenvalue weighted by Gasteiger charge is 2.31. The fraction of sp³-hybridized carbons (Fsp3) is 0.417. The van der Waals surface area contributed by atoms with Crippen LogP contribution in [0, 0.1) is 12.8 Å². The highest BCUT2D eigenvalue weighted by molar-refractivity contribution is 5.82. The number of benzene rings is 2. The summed E-state index contributed by atoms with van der Waals surface area (Å²) in [5.74, 6) is 1.05. The van der Waals surface area contributed by atoms with Gasteiger partial charge in [0, 0.05) is 24.6 Å². The zero-order valence-corrected chi connectivity index (χ0v) is 18.0. The minimum atomic E-state index is -2.31. The molecule has 2 aliphatic heterocycles. The molecule has 0 saturated carbocycles. The van der Waals surface area contributed by atoms with Crippen LogP contribution in [0.3, 0.4) is 0 Å². The molecule has 8 heteroatoms. The smallest absolute Gasteiger partial charge is 0.320 e. The second kappa shape index (κ2) is 8.41. The number of halogens is 2. The Labute approximate surface area is 185 Å². The summed E-state index contributed by atoms with van der Waals surface area (Å²) in [5, 5.41) is 0. The van der Waals surface area contributed by atoms with Crippen molar-refractivity contribution in [2.24, 2.45) is 5.92 Å². The van der Waals surface area contributed by atoms with Gasteiger partial charge in [0.2, 0.25) is 6.43 Å². The van der Waals surface area contributed by atoms with Crippen molar-refractivity contribution >= 4 is 17.1 Å². The Bertz CT molecular complexity index is 1140. The maximum atomic E-state index is 13.1. The number of rotatable bonds is 2. The van der Waals surface area contributed by atoms with Gasteiger partial charge >= 0.3 is 6.03 Å². The van der Waals surface area contributed by atoms with E-state index in [1.165, 1.54) is 0 Å². The molecular weight excluding hydrogens is 414 g/mol. The lowest BCUT2D eigenvalue weighted by molar-refractivity contribution is 0.0374. The van der Waals surface area contributed by atoms with Crippen LogP contribution in [0.15, 0.2) is 36.4 Å². The van der Waals surface area contributed by atoms with Crippen LogP contribution in [0.4, 0.5) is 13.6 Å². The van der Waals surface area contributed by atoms with Gasteiger partial charge in [-0.25, -0.2) is 18.6 Å². The second-order valence-corrected chi connectivity index (χ2v) is 8.59. The monoisotopic (exact) mass is 440 g/mol. The van der Waals surface area contributed by atoms with Crippen LogP contribution < -0.4 is 4.74 Å². The van der Waals surface area contributed by atoms with Gasteiger partial charge in [-0.1, -0.05) is 12.1 Å². The van der Waals surface area contributed by atoms with E-state index in [1.807, 2.05) is 31.2 Å². The van der Waals surface area contributed by atoms with Crippen LogP contribution in [-0.2, 0) is 6.54 Å². The van der Waals surface area contributed by atoms with Crippen molar-refractivity contribution in [3.8, 4) is 16.9 Å². The van der Waals surface area contributed by atoms with Crippen molar-refractivity contribution in [1.82, 2.24) is 19.8 Å². The molecule has 6 nitrogen and oxygen atoms in total. The molecule has 3 heterocycles. The molecule has 1 saturated heterocycles. The number of hydrogen-bond acceptors (Lipinski definition) is 3. The first-order chi connectivity index (χ1) is 15.5. The van der Waals surface area contributed by atoms with Gasteiger partial charge < -0.3 is 19.5 Å². The maximum Gasteiger partial charge on any atom is 0.320 e. The molecule has 0 radical (unpaired) electrons. The zero-order chi connectivity index (χ0) is 22.2. The molecule has 168 valence electrons. The van der Waals surface area contributed by atoms with Crippen molar-refractivity contribution in [3.63, 3.8) is 0 Å². The number of imidazole rings is 1. The summed E-state index contributed by atoms with van der Waals surface area (Å²) >= 11 is 0. The lowest BCUT2D eigenvalue weighted by atomic mass is 9.97. The third-order valence-electron chi connectivity index (χ3n) is 6.41. The number of nitrogens with one attached hydrogen (secondary N) is 1. The summed E-state index contributed by atoms with van der Waals surface area (Å²) in [6.45, 7) is 3.99. The van der Waals surface area contributed by atoms with E-state index in [-0.39, 0.29) is 6.03 Å². The highest BCUT2D eigenvalue weighted by atomic mass is 19.3. The summed E-state index contributed by atoms with van der Waals surface area (Å²) in [6.07, 6.45) is -1.61. The van der Waals surface area contributed by atoms with Crippen molar-refractivity contribution in [3.05, 3.63) is 47.8 Å². The quantitative estimate of drug-likeness (QED) is 0.621. The van der Waals surface area contributed by atoms with Gasteiger partial charge in [-0.3, -0.25) is 0 Å². The Hall–Kier alpha value is -3.16. The lowest BCUT2D eigenvalue weighted by Crippen LogP contribution is -2.47. The van der Waals surface area contributed by atoms with Crippen LogP contribution in [0.25, 0.3) is 22.2 Å². The Kier molecular flexibility index (Phi) is 5.45. The van der Waals surface area contributed by atoms with E-state index in [9.17, 15) is 13.6 Å². The average molecular weight is 440 g/mol. The molecule has 0 aliphatic carbocycles. The number of fused-ring (bicyclic) bond motifs is 2. The number of amides is 2. The summed E-state index contributed by atoms with van der Waals surface area (Å²) < 4.78 is 31.8. The Morgan fingerprint density at radius 3 is 2.62 bits per heavy atom. The number of alkyl halides is 2. The van der Waals surface area contributed by atoms with Gasteiger partial charge in [0.15, 0.2) is 0 Å². The Balaban J connectivity index is 1.35. The van der Waals surface area contributed by atoms with Gasteiger partial charge in [0.1, 0.15) is 18.2 Å². The number of likely N-dealkylation sites (tertiary alicyclic amines) is 1. The minimum Gasteiger partial charge on any atom is -0.491 e. The van der Waals surface area contributed by atoms with Gasteiger partial charge in [-0.05, 0) is 55.2 Å². The van der Waals surface area contributed by atoms with E-state index in [1.54, 1.807) is 9.80 Å². The largest absolute Gasteiger partial charge is 0.491 e. The first-order valence-corrected chi connectivity index (χ1v) is 11.0. The van der Waals surface area contributed by atoms with E-state index in [0.717, 1.165) is 39.3 Å². The van der Waals surface area contributed by atoms with Gasteiger partial charge in [-0.2, -0.15) is 0 Å². The first-order valence-electron chi connectivity index (χ1n) is 11.0. The molecule has 3 aromatic rings. The molecule has 2 amide bonds. The fourth-order valence-electron chi connectivity index (χ4n) is 4.60. The second-order valence-electron chi connectivity index (χ2n) is 8.59. The Morgan fingerprint density at radius 1 is 1.09 bits per heavy atom. The van der Waals surface area contributed by atoms with Crippen LogP contribution in [0.2, 0.25) is 0 Å². The molecule has 2 aliphatic rings. The predicted molar refractivity (Wildman–Crippen MR) is 118 cm³/mol.